The molecule has 0 spiro atoms. The highest BCUT2D eigenvalue weighted by Crippen LogP contribution is 2.46. The smallest absolute Gasteiger partial charge is 0.286 e. The number of aliphatic hydroxyl groups excluding tert-OH is 1. The number of nitrogens with zero attached hydrogens (tertiary/aromatic N) is 1. The first-order chi connectivity index (χ1) is 19.2. The van der Waals surface area contributed by atoms with Gasteiger partial charge in [-0.15, -0.1) is 0 Å². The quantitative estimate of drug-likeness (QED) is 0.247. The van der Waals surface area contributed by atoms with Gasteiger partial charge in [0, 0.05) is 25.0 Å². The molecule has 3 aromatic carbocycles. The van der Waals surface area contributed by atoms with Crippen molar-refractivity contribution in [1.29, 1.82) is 0 Å². The first-order valence-corrected chi connectivity index (χ1v) is 13.7. The van der Waals surface area contributed by atoms with Gasteiger partial charge in [-0.2, -0.15) is 0 Å². The second kappa shape index (κ2) is 11.0. The molecule has 6 rings (SSSR count). The lowest BCUT2D eigenvalue weighted by molar-refractivity contribution is -0.166. The lowest BCUT2D eigenvalue weighted by Crippen LogP contribution is -2.39. The molecule has 2 heterocycles. The van der Waals surface area contributed by atoms with Crippen molar-refractivity contribution >= 4 is 16.9 Å². The average molecular weight is 524 g/mol. The van der Waals surface area contributed by atoms with E-state index in [-0.39, 0.29) is 36.7 Å². The predicted molar refractivity (Wildman–Crippen MR) is 150 cm³/mol. The Bertz CT molecular complexity index is 1490. The molecule has 0 unspecified atom stereocenters. The van der Waals surface area contributed by atoms with E-state index in [0.29, 0.717) is 25.3 Å². The summed E-state index contributed by atoms with van der Waals surface area (Å²) in [5.41, 5.74) is 8.08. The Morgan fingerprint density at radius 2 is 1.92 bits per heavy atom. The number of fused-ring (bicyclic) bond motifs is 4. The van der Waals surface area contributed by atoms with Crippen molar-refractivity contribution in [2.45, 2.75) is 44.9 Å². The van der Waals surface area contributed by atoms with E-state index in [1.54, 1.807) is 0 Å². The Labute approximate surface area is 227 Å². The van der Waals surface area contributed by atoms with Crippen LogP contribution in [0.15, 0.2) is 78.6 Å². The Morgan fingerprint density at radius 3 is 2.77 bits per heavy atom. The second-order valence-electron chi connectivity index (χ2n) is 10.1. The van der Waals surface area contributed by atoms with Crippen LogP contribution in [0.4, 0.5) is 0 Å². The van der Waals surface area contributed by atoms with Gasteiger partial charge in [-0.25, -0.2) is 4.98 Å². The van der Waals surface area contributed by atoms with Gasteiger partial charge in [-0.1, -0.05) is 54.6 Å². The van der Waals surface area contributed by atoms with Gasteiger partial charge in [-0.3, -0.25) is 4.79 Å². The third-order valence-corrected chi connectivity index (χ3v) is 7.74. The molecule has 4 aromatic rings. The Kier molecular flexibility index (Phi) is 7.18. The minimum Gasteiger partial charge on any atom is -0.459 e. The summed E-state index contributed by atoms with van der Waals surface area (Å²) in [4.78, 5) is 21.2. The summed E-state index contributed by atoms with van der Waals surface area (Å²) in [5.74, 6) is 0.486. The Balaban J connectivity index is 1.32. The molecular formula is C32H33N3O4. The molecule has 7 heteroatoms. The van der Waals surface area contributed by atoms with Crippen molar-refractivity contribution in [3.8, 4) is 11.1 Å². The van der Waals surface area contributed by atoms with Gasteiger partial charge in [0.1, 0.15) is 5.82 Å². The number of allylic oxidation sites excluding steroid dienone is 1. The van der Waals surface area contributed by atoms with Crippen LogP contribution < -0.4 is 5.32 Å². The predicted octanol–water partition coefficient (Wildman–Crippen LogP) is 5.20. The summed E-state index contributed by atoms with van der Waals surface area (Å²) in [6.07, 6.45) is 3.55. The lowest BCUT2D eigenvalue weighted by Gasteiger charge is -2.37. The fourth-order valence-corrected chi connectivity index (χ4v) is 5.96. The number of benzene rings is 3. The van der Waals surface area contributed by atoms with E-state index in [4.69, 9.17) is 9.47 Å². The SMILES string of the molecule is CCO[C@@H]1OC(C(=O)NCc2nc3ccccc3[nH]2)=C[C@H](c2cccc3c2Cc2ccccc2-3)[C@@H]1CCCO. The van der Waals surface area contributed by atoms with Crippen molar-refractivity contribution in [2.24, 2.45) is 5.92 Å². The van der Waals surface area contributed by atoms with Gasteiger partial charge in [0.05, 0.1) is 17.6 Å². The zero-order valence-electron chi connectivity index (χ0n) is 22.0. The van der Waals surface area contributed by atoms with E-state index in [1.807, 2.05) is 37.3 Å². The number of ether oxygens (including phenoxy) is 2. The Morgan fingerprint density at radius 1 is 1.10 bits per heavy atom. The fraction of sp³-hybridized carbons (Fsp3) is 0.312. The summed E-state index contributed by atoms with van der Waals surface area (Å²) >= 11 is 0. The third-order valence-electron chi connectivity index (χ3n) is 7.74. The van der Waals surface area contributed by atoms with Gasteiger partial charge < -0.3 is 24.9 Å². The monoisotopic (exact) mass is 523 g/mol. The molecule has 0 radical (unpaired) electrons. The molecular weight excluding hydrogens is 490 g/mol. The molecule has 200 valence electrons. The van der Waals surface area contributed by atoms with Gasteiger partial charge in [-0.05, 0) is 72.2 Å². The molecule has 3 atom stereocenters. The molecule has 1 aliphatic heterocycles. The van der Waals surface area contributed by atoms with E-state index in [1.165, 1.54) is 27.8 Å². The number of hydrogen-bond donors (Lipinski definition) is 3. The largest absolute Gasteiger partial charge is 0.459 e. The Hall–Kier alpha value is -3.94. The fourth-order valence-electron chi connectivity index (χ4n) is 5.96. The van der Waals surface area contributed by atoms with Crippen LogP contribution in [0, 0.1) is 5.92 Å². The normalized spacial score (nSPS) is 19.7. The number of hydrogen-bond acceptors (Lipinski definition) is 5. The number of H-pyrrole nitrogens is 1. The minimum absolute atomic E-state index is 0.0424. The summed E-state index contributed by atoms with van der Waals surface area (Å²) < 4.78 is 12.3. The maximum Gasteiger partial charge on any atom is 0.286 e. The third kappa shape index (κ3) is 4.95. The van der Waals surface area contributed by atoms with Crippen LogP contribution >= 0.6 is 0 Å². The molecule has 3 N–H and O–H groups in total. The second-order valence-corrected chi connectivity index (χ2v) is 10.1. The molecule has 0 saturated carbocycles. The van der Waals surface area contributed by atoms with Crippen molar-refractivity contribution < 1.29 is 19.4 Å². The van der Waals surface area contributed by atoms with Crippen molar-refractivity contribution in [2.75, 3.05) is 13.2 Å². The van der Waals surface area contributed by atoms with E-state index in [2.05, 4.69) is 57.7 Å². The number of amides is 1. The van der Waals surface area contributed by atoms with Gasteiger partial charge >= 0.3 is 0 Å². The molecule has 2 aliphatic rings. The topological polar surface area (TPSA) is 96.5 Å². The van der Waals surface area contributed by atoms with Crippen molar-refractivity contribution in [3.05, 3.63) is 101 Å². The number of carbonyl (C=O) groups is 1. The van der Waals surface area contributed by atoms with Crippen LogP contribution in [0.3, 0.4) is 0 Å². The maximum absolute atomic E-state index is 13.4. The molecule has 1 amide bonds. The molecule has 0 saturated heterocycles. The van der Waals surface area contributed by atoms with Crippen LogP contribution in [-0.4, -0.2) is 40.5 Å². The summed E-state index contributed by atoms with van der Waals surface area (Å²) in [5, 5.41) is 12.6. The average Bonchev–Trinajstić information content (AvgIpc) is 3.56. The molecule has 7 nitrogen and oxygen atoms in total. The molecule has 0 fully saturated rings. The van der Waals surface area contributed by atoms with Crippen LogP contribution in [0.25, 0.3) is 22.2 Å². The van der Waals surface area contributed by atoms with Crippen molar-refractivity contribution in [1.82, 2.24) is 15.3 Å². The highest BCUT2D eigenvalue weighted by atomic mass is 16.7. The lowest BCUT2D eigenvalue weighted by atomic mass is 9.78. The number of nitrogens with one attached hydrogen (secondary N) is 2. The number of para-hydroxylation sites is 2. The highest BCUT2D eigenvalue weighted by Gasteiger charge is 2.39. The van der Waals surface area contributed by atoms with E-state index in [0.717, 1.165) is 17.5 Å². The zero-order chi connectivity index (χ0) is 26.8. The van der Waals surface area contributed by atoms with Gasteiger partial charge in [0.25, 0.3) is 5.91 Å². The van der Waals surface area contributed by atoms with Gasteiger partial charge in [0.2, 0.25) is 6.29 Å². The number of aliphatic hydroxyl groups is 1. The highest BCUT2D eigenvalue weighted by molar-refractivity contribution is 5.92. The number of rotatable bonds is 9. The zero-order valence-corrected chi connectivity index (χ0v) is 22.0. The maximum atomic E-state index is 13.4. The number of aromatic amines is 1. The minimum atomic E-state index is -0.594. The van der Waals surface area contributed by atoms with E-state index in [9.17, 15) is 9.90 Å². The van der Waals surface area contributed by atoms with Crippen LogP contribution in [0.2, 0.25) is 0 Å². The van der Waals surface area contributed by atoms with Crippen molar-refractivity contribution in [3.63, 3.8) is 0 Å². The van der Waals surface area contributed by atoms with Crippen LogP contribution in [0.1, 0.15) is 48.2 Å². The molecule has 1 aliphatic carbocycles. The number of carbonyl (C=O) groups excluding carboxylic acids is 1. The van der Waals surface area contributed by atoms with E-state index >= 15 is 0 Å². The van der Waals surface area contributed by atoms with Gasteiger partial charge in [0.15, 0.2) is 5.76 Å². The summed E-state index contributed by atoms with van der Waals surface area (Å²) in [6.45, 7) is 2.73. The van der Waals surface area contributed by atoms with Crippen LogP contribution in [0.5, 0.6) is 0 Å². The molecule has 1 aromatic heterocycles. The first kappa shape index (κ1) is 25.3. The first-order valence-electron chi connectivity index (χ1n) is 13.7. The summed E-state index contributed by atoms with van der Waals surface area (Å²) in [6, 6.07) is 22.7. The van der Waals surface area contributed by atoms with Crippen LogP contribution in [-0.2, 0) is 27.2 Å². The number of aromatic nitrogens is 2. The summed E-state index contributed by atoms with van der Waals surface area (Å²) in [7, 11) is 0. The molecule has 0 bridgehead atoms. The molecule has 39 heavy (non-hydrogen) atoms. The number of imidazole rings is 1. The standard InChI is InChI=1S/C32H33N3O4/c1-2-38-32-24(13-8-16-36)26(23-12-7-11-22-21-10-4-3-9-20(21)17-25(22)23)18-29(39-32)31(37)33-19-30-34-27-14-5-6-15-28(27)35-30/h3-7,9-12,14-15,18,24,26,32,36H,2,8,13,16-17,19H2,1H3,(H,33,37)(H,34,35)/t24-,26+,32+/m0/s1. The van der Waals surface area contributed by atoms with E-state index < -0.39 is 6.29 Å².